The van der Waals surface area contributed by atoms with Gasteiger partial charge in [0.25, 0.3) is 5.52 Å². The molecule has 0 saturated heterocycles. The Hall–Kier alpha value is -3.91. The van der Waals surface area contributed by atoms with Crippen molar-refractivity contribution in [1.82, 2.24) is 4.98 Å². The molecule has 0 atom stereocenters. The maximum atomic E-state index is 11.2. The minimum atomic E-state index is -0.690. The number of pyridine rings is 2. The van der Waals surface area contributed by atoms with Gasteiger partial charge in [0.1, 0.15) is 11.3 Å². The average Bonchev–Trinajstić information content (AvgIpc) is 2.70. The second kappa shape index (κ2) is 9.70. The minimum absolute atomic E-state index is 0.0168. The van der Waals surface area contributed by atoms with Crippen LogP contribution in [0.1, 0.15) is 6.92 Å². The first-order chi connectivity index (χ1) is 13.4. The lowest BCUT2D eigenvalue weighted by Gasteiger charge is -2.01. The molecule has 2 aromatic heterocycles. The maximum absolute atomic E-state index is 11.2. The first kappa shape index (κ1) is 20.4. The molecule has 0 unspecified atom stereocenters. The molecule has 3 N–H and O–H groups in total. The highest BCUT2D eigenvalue weighted by Gasteiger charge is 2.06. The number of fused-ring (bicyclic) bond motifs is 2. The van der Waals surface area contributed by atoms with Crippen molar-refractivity contribution in [3.63, 3.8) is 0 Å². The number of carbonyl (C=O) groups excluding carboxylic acids is 1. The number of nitrogens with zero attached hydrogens (tertiary/aromatic N) is 2. The molecule has 28 heavy (non-hydrogen) atoms. The topological polar surface area (TPSA) is 127 Å². The standard InChI is InChI=1S/C9H7NO2.C9H7NO.C2H4O3/c11-8-5-1-3-7-4-2-6-10(12)9(7)8;11-8-5-1-3-7-4-2-6-10-9(7)8;1-2(3)5-4/h1-6,11H;1-6,11H;4H,1H3. The first-order valence-electron chi connectivity index (χ1n) is 8.08. The van der Waals surface area contributed by atoms with Crippen molar-refractivity contribution in [1.29, 1.82) is 0 Å². The Balaban J connectivity index is 0.000000164. The van der Waals surface area contributed by atoms with Crippen molar-refractivity contribution in [2.24, 2.45) is 0 Å². The van der Waals surface area contributed by atoms with Gasteiger partial charge in [-0.2, -0.15) is 9.99 Å². The lowest BCUT2D eigenvalue weighted by atomic mass is 10.2. The van der Waals surface area contributed by atoms with E-state index >= 15 is 0 Å². The zero-order chi connectivity index (χ0) is 20.5. The predicted molar refractivity (Wildman–Crippen MR) is 102 cm³/mol. The Morgan fingerprint density at radius 1 is 0.964 bits per heavy atom. The van der Waals surface area contributed by atoms with Crippen LogP contribution in [0.3, 0.4) is 0 Å². The van der Waals surface area contributed by atoms with Crippen LogP contribution in [-0.4, -0.2) is 26.4 Å². The molecule has 0 aliphatic carbocycles. The van der Waals surface area contributed by atoms with Crippen LogP contribution in [0.4, 0.5) is 0 Å². The fourth-order valence-electron chi connectivity index (χ4n) is 2.31. The summed E-state index contributed by atoms with van der Waals surface area (Å²) in [5.74, 6) is -0.434. The molecule has 0 fully saturated rings. The molecule has 0 saturated carbocycles. The Morgan fingerprint density at radius 3 is 2.14 bits per heavy atom. The highest BCUT2D eigenvalue weighted by Crippen LogP contribution is 2.20. The summed E-state index contributed by atoms with van der Waals surface area (Å²) in [6, 6.07) is 17.5. The molecule has 8 heteroatoms. The Morgan fingerprint density at radius 2 is 1.54 bits per heavy atom. The molecule has 2 heterocycles. The van der Waals surface area contributed by atoms with Crippen LogP contribution in [0.25, 0.3) is 21.8 Å². The van der Waals surface area contributed by atoms with E-state index in [2.05, 4.69) is 9.87 Å². The van der Waals surface area contributed by atoms with E-state index in [4.69, 9.17) is 5.26 Å². The van der Waals surface area contributed by atoms with E-state index < -0.39 is 5.97 Å². The fourth-order valence-corrected chi connectivity index (χ4v) is 2.31. The van der Waals surface area contributed by atoms with Crippen molar-refractivity contribution < 1.29 is 29.9 Å². The van der Waals surface area contributed by atoms with E-state index in [1.807, 2.05) is 18.2 Å². The zero-order valence-corrected chi connectivity index (χ0v) is 14.9. The number of carbonyl (C=O) groups is 1. The third-order valence-corrected chi connectivity index (χ3v) is 3.50. The third kappa shape index (κ3) is 5.29. The first-order valence-corrected chi connectivity index (χ1v) is 8.08. The largest absolute Gasteiger partial charge is 0.618 e. The molecule has 0 bridgehead atoms. The van der Waals surface area contributed by atoms with Crippen LogP contribution in [0.15, 0.2) is 73.1 Å². The van der Waals surface area contributed by atoms with Gasteiger partial charge in [-0.3, -0.25) is 4.98 Å². The molecule has 4 aromatic rings. The Labute approximate surface area is 160 Å². The van der Waals surface area contributed by atoms with Crippen LogP contribution in [0, 0.1) is 5.21 Å². The number of phenols is 2. The van der Waals surface area contributed by atoms with Crippen molar-refractivity contribution in [3.05, 3.63) is 78.3 Å². The lowest BCUT2D eigenvalue weighted by Crippen LogP contribution is -2.25. The Bertz CT molecular complexity index is 1040. The molecular formula is C20H18N2O6. The van der Waals surface area contributed by atoms with Gasteiger partial charge in [-0.15, -0.1) is 0 Å². The van der Waals surface area contributed by atoms with E-state index in [-0.39, 0.29) is 11.5 Å². The molecule has 0 aliphatic heterocycles. The van der Waals surface area contributed by atoms with Gasteiger partial charge >= 0.3 is 5.97 Å². The molecule has 2 aromatic carbocycles. The summed E-state index contributed by atoms with van der Waals surface area (Å²) in [6.07, 6.45) is 3.03. The number of hydrogen-bond donors (Lipinski definition) is 3. The Kier molecular flexibility index (Phi) is 7.06. The second-order valence-corrected chi connectivity index (χ2v) is 5.48. The monoisotopic (exact) mass is 382 g/mol. The summed E-state index contributed by atoms with van der Waals surface area (Å²) in [7, 11) is 0. The van der Waals surface area contributed by atoms with Gasteiger partial charge in [0, 0.05) is 24.6 Å². The summed E-state index contributed by atoms with van der Waals surface area (Å²) in [5.41, 5.74) is 0.981. The molecule has 144 valence electrons. The van der Waals surface area contributed by atoms with Gasteiger partial charge in [0.05, 0.1) is 5.39 Å². The van der Waals surface area contributed by atoms with Crippen LogP contribution < -0.4 is 4.73 Å². The summed E-state index contributed by atoms with van der Waals surface area (Å²) < 4.78 is 0.657. The van der Waals surface area contributed by atoms with Gasteiger partial charge < -0.3 is 20.3 Å². The van der Waals surface area contributed by atoms with Crippen molar-refractivity contribution in [2.45, 2.75) is 6.92 Å². The maximum Gasteiger partial charge on any atom is 0.339 e. The third-order valence-electron chi connectivity index (χ3n) is 3.50. The predicted octanol–water partition coefficient (Wildman–Crippen LogP) is 3.14. The molecular weight excluding hydrogens is 364 g/mol. The summed E-state index contributed by atoms with van der Waals surface area (Å²) in [4.78, 5) is 16.5. The number of aromatic hydroxyl groups is 2. The smallest absolute Gasteiger partial charge is 0.339 e. The number of phenolic OH excluding ortho intramolecular Hbond substituents is 2. The van der Waals surface area contributed by atoms with Gasteiger partial charge in [-0.1, -0.05) is 24.3 Å². The SMILES string of the molecule is CC(=O)OO.Oc1cccc2cccnc12.[O-][n+]1cccc2cccc(O)c21. The molecule has 8 nitrogen and oxygen atoms in total. The number of aromatic nitrogens is 2. The van der Waals surface area contributed by atoms with Crippen LogP contribution >= 0.6 is 0 Å². The molecule has 0 amide bonds. The number of rotatable bonds is 0. The molecule has 0 radical (unpaired) electrons. The fraction of sp³-hybridized carbons (Fsp3) is 0.0500. The summed E-state index contributed by atoms with van der Waals surface area (Å²) >= 11 is 0. The summed E-state index contributed by atoms with van der Waals surface area (Å²) in [5, 5.41) is 38.8. The zero-order valence-electron chi connectivity index (χ0n) is 14.9. The van der Waals surface area contributed by atoms with Crippen molar-refractivity contribution >= 4 is 27.8 Å². The molecule has 0 spiro atoms. The quantitative estimate of drug-likeness (QED) is 0.184. The van der Waals surface area contributed by atoms with Gasteiger partial charge in [-0.05, 0) is 30.3 Å². The van der Waals surface area contributed by atoms with E-state index in [1.54, 1.807) is 42.6 Å². The van der Waals surface area contributed by atoms with Gasteiger partial charge in [0.15, 0.2) is 11.9 Å². The minimum Gasteiger partial charge on any atom is -0.618 e. The highest BCUT2D eigenvalue weighted by atomic mass is 17.1. The average molecular weight is 382 g/mol. The lowest BCUT2D eigenvalue weighted by molar-refractivity contribution is -0.577. The van der Waals surface area contributed by atoms with E-state index in [0.29, 0.717) is 15.8 Å². The normalized spacial score (nSPS) is 9.64. The van der Waals surface area contributed by atoms with E-state index in [9.17, 15) is 20.2 Å². The van der Waals surface area contributed by atoms with Crippen LogP contribution in [-0.2, 0) is 9.68 Å². The molecule has 0 aliphatic rings. The second-order valence-electron chi connectivity index (χ2n) is 5.48. The van der Waals surface area contributed by atoms with Crippen molar-refractivity contribution in [2.75, 3.05) is 0 Å². The molecule has 4 rings (SSSR count). The summed E-state index contributed by atoms with van der Waals surface area (Å²) in [6.45, 7) is 1.11. The van der Waals surface area contributed by atoms with Crippen LogP contribution in [0.2, 0.25) is 0 Å². The van der Waals surface area contributed by atoms with E-state index in [0.717, 1.165) is 17.7 Å². The highest BCUT2D eigenvalue weighted by molar-refractivity contribution is 5.83. The van der Waals surface area contributed by atoms with Gasteiger partial charge in [-0.25, -0.2) is 4.79 Å². The van der Waals surface area contributed by atoms with Gasteiger partial charge in [0.2, 0.25) is 0 Å². The van der Waals surface area contributed by atoms with E-state index in [1.165, 1.54) is 12.3 Å². The number of benzene rings is 2. The van der Waals surface area contributed by atoms with Crippen molar-refractivity contribution in [3.8, 4) is 11.5 Å². The van der Waals surface area contributed by atoms with Crippen LogP contribution in [0.5, 0.6) is 11.5 Å². The number of hydrogen-bond acceptors (Lipinski definition) is 7. The number of para-hydroxylation sites is 2.